The van der Waals surface area contributed by atoms with Gasteiger partial charge in [0, 0.05) is 11.1 Å². The molecule has 3 rings (SSSR count). The molecular formula is C17H14ClFN2O2. The van der Waals surface area contributed by atoms with Crippen molar-refractivity contribution in [1.29, 1.82) is 0 Å². The smallest absolute Gasteiger partial charge is 0.258 e. The molecule has 0 radical (unpaired) electrons. The molecule has 6 heteroatoms. The summed E-state index contributed by atoms with van der Waals surface area (Å²) in [5, 5.41) is 5.69. The van der Waals surface area contributed by atoms with Crippen LogP contribution < -0.4 is 10.6 Å². The molecule has 0 spiro atoms. The minimum Gasteiger partial charge on any atom is -0.349 e. The average Bonchev–Trinajstić information content (AvgIpc) is 3.34. The molecule has 0 aliphatic heterocycles. The number of carbonyl (C=O) groups is 2. The van der Waals surface area contributed by atoms with E-state index in [0.717, 1.165) is 18.9 Å². The van der Waals surface area contributed by atoms with Crippen molar-refractivity contribution in [3.8, 4) is 0 Å². The van der Waals surface area contributed by atoms with Gasteiger partial charge in [0.2, 0.25) is 0 Å². The molecule has 4 nitrogen and oxygen atoms in total. The summed E-state index contributed by atoms with van der Waals surface area (Å²) in [4.78, 5) is 24.5. The number of amides is 2. The first-order valence-corrected chi connectivity index (χ1v) is 7.58. The molecule has 2 N–H and O–H groups in total. The molecule has 0 unspecified atom stereocenters. The first-order chi connectivity index (χ1) is 11.0. The van der Waals surface area contributed by atoms with Crippen LogP contribution in [-0.2, 0) is 0 Å². The van der Waals surface area contributed by atoms with E-state index in [1.807, 2.05) is 0 Å². The van der Waals surface area contributed by atoms with Crippen LogP contribution in [0.2, 0.25) is 5.02 Å². The highest BCUT2D eigenvalue weighted by molar-refractivity contribution is 6.31. The Hall–Kier alpha value is -2.40. The standard InChI is InChI=1S/C17H14ClFN2O2/c18-10-5-8-14(19)13(9-10)17(23)21-15-4-2-1-3-12(15)16(22)20-11-6-7-11/h1-5,8-9,11H,6-7H2,(H,20,22)(H,21,23). The van der Waals surface area contributed by atoms with Gasteiger partial charge in [-0.1, -0.05) is 23.7 Å². The quantitative estimate of drug-likeness (QED) is 0.898. The highest BCUT2D eigenvalue weighted by atomic mass is 35.5. The minimum atomic E-state index is -0.674. The fourth-order valence-electron chi connectivity index (χ4n) is 2.14. The van der Waals surface area contributed by atoms with E-state index in [1.54, 1.807) is 24.3 Å². The van der Waals surface area contributed by atoms with Crippen molar-refractivity contribution in [2.24, 2.45) is 0 Å². The Morgan fingerprint density at radius 1 is 1.04 bits per heavy atom. The van der Waals surface area contributed by atoms with E-state index in [2.05, 4.69) is 10.6 Å². The average molecular weight is 333 g/mol. The first-order valence-electron chi connectivity index (χ1n) is 7.21. The topological polar surface area (TPSA) is 58.2 Å². The molecule has 1 fully saturated rings. The van der Waals surface area contributed by atoms with Crippen LogP contribution in [0, 0.1) is 5.82 Å². The maximum absolute atomic E-state index is 13.8. The summed E-state index contributed by atoms with van der Waals surface area (Å²) in [5.74, 6) is -1.58. The van der Waals surface area contributed by atoms with Crippen molar-refractivity contribution in [2.45, 2.75) is 18.9 Å². The molecule has 0 aromatic heterocycles. The number of hydrogen-bond donors (Lipinski definition) is 2. The molecule has 2 amide bonds. The number of anilines is 1. The van der Waals surface area contributed by atoms with Crippen molar-refractivity contribution in [1.82, 2.24) is 5.32 Å². The van der Waals surface area contributed by atoms with E-state index in [9.17, 15) is 14.0 Å². The predicted octanol–water partition coefficient (Wildman–Crippen LogP) is 3.62. The Morgan fingerprint density at radius 3 is 2.52 bits per heavy atom. The van der Waals surface area contributed by atoms with Gasteiger partial charge in [-0.3, -0.25) is 9.59 Å². The van der Waals surface area contributed by atoms with Crippen LogP contribution in [0.15, 0.2) is 42.5 Å². The van der Waals surface area contributed by atoms with Gasteiger partial charge in [-0.15, -0.1) is 0 Å². The van der Waals surface area contributed by atoms with Gasteiger partial charge >= 0.3 is 0 Å². The van der Waals surface area contributed by atoms with Crippen LogP contribution in [0.5, 0.6) is 0 Å². The lowest BCUT2D eigenvalue weighted by molar-refractivity contribution is 0.0952. The molecule has 23 heavy (non-hydrogen) atoms. The van der Waals surface area contributed by atoms with Gasteiger partial charge in [-0.25, -0.2) is 4.39 Å². The maximum Gasteiger partial charge on any atom is 0.258 e. The van der Waals surface area contributed by atoms with Crippen molar-refractivity contribution >= 4 is 29.1 Å². The lowest BCUT2D eigenvalue weighted by Gasteiger charge is -2.11. The monoisotopic (exact) mass is 332 g/mol. The number of carbonyl (C=O) groups excluding carboxylic acids is 2. The maximum atomic E-state index is 13.8. The number of rotatable bonds is 4. The van der Waals surface area contributed by atoms with Crippen molar-refractivity contribution in [3.05, 3.63) is 64.4 Å². The molecule has 0 saturated heterocycles. The third kappa shape index (κ3) is 3.68. The first kappa shape index (κ1) is 15.5. The van der Waals surface area contributed by atoms with Gasteiger partial charge in [-0.05, 0) is 43.2 Å². The van der Waals surface area contributed by atoms with E-state index >= 15 is 0 Å². The fourth-order valence-corrected chi connectivity index (χ4v) is 2.31. The van der Waals surface area contributed by atoms with Crippen LogP contribution >= 0.6 is 11.6 Å². The van der Waals surface area contributed by atoms with E-state index < -0.39 is 11.7 Å². The van der Waals surface area contributed by atoms with Gasteiger partial charge < -0.3 is 10.6 Å². The van der Waals surface area contributed by atoms with Gasteiger partial charge in [0.05, 0.1) is 16.8 Å². The summed E-state index contributed by atoms with van der Waals surface area (Å²) >= 11 is 5.80. The zero-order valence-corrected chi connectivity index (χ0v) is 12.9. The molecule has 2 aromatic rings. The number of halogens is 2. The van der Waals surface area contributed by atoms with Crippen LogP contribution in [-0.4, -0.2) is 17.9 Å². The normalized spacial score (nSPS) is 13.5. The van der Waals surface area contributed by atoms with Crippen molar-refractivity contribution < 1.29 is 14.0 Å². The Morgan fingerprint density at radius 2 is 1.78 bits per heavy atom. The summed E-state index contributed by atoms with van der Waals surface area (Å²) in [6.45, 7) is 0. The number of para-hydroxylation sites is 1. The highest BCUT2D eigenvalue weighted by Gasteiger charge is 2.25. The van der Waals surface area contributed by atoms with Gasteiger partial charge in [0.1, 0.15) is 5.82 Å². The van der Waals surface area contributed by atoms with E-state index in [0.29, 0.717) is 11.3 Å². The molecule has 118 valence electrons. The van der Waals surface area contributed by atoms with Crippen LogP contribution in [0.25, 0.3) is 0 Å². The summed E-state index contributed by atoms with van der Waals surface area (Å²) in [6, 6.07) is 10.6. The lowest BCUT2D eigenvalue weighted by Crippen LogP contribution is -2.27. The van der Waals surface area contributed by atoms with Crippen LogP contribution in [0.1, 0.15) is 33.6 Å². The molecule has 0 atom stereocenters. The van der Waals surface area contributed by atoms with Gasteiger partial charge in [-0.2, -0.15) is 0 Å². The molecular weight excluding hydrogens is 319 g/mol. The SMILES string of the molecule is O=C(Nc1ccccc1C(=O)NC1CC1)c1cc(Cl)ccc1F. The zero-order chi connectivity index (χ0) is 16.4. The van der Waals surface area contributed by atoms with Crippen molar-refractivity contribution in [3.63, 3.8) is 0 Å². The predicted molar refractivity (Wildman–Crippen MR) is 86.3 cm³/mol. The van der Waals surface area contributed by atoms with Gasteiger partial charge in [0.15, 0.2) is 0 Å². The Kier molecular flexibility index (Phi) is 4.30. The fraction of sp³-hybridized carbons (Fsp3) is 0.176. The second-order valence-corrected chi connectivity index (χ2v) is 5.81. The molecule has 2 aromatic carbocycles. The number of nitrogens with one attached hydrogen (secondary N) is 2. The summed E-state index contributed by atoms with van der Waals surface area (Å²) in [7, 11) is 0. The van der Waals surface area contributed by atoms with E-state index in [1.165, 1.54) is 12.1 Å². The Labute approximate surface area is 137 Å². The third-order valence-corrected chi connectivity index (χ3v) is 3.74. The summed E-state index contributed by atoms with van der Waals surface area (Å²) in [6.07, 6.45) is 1.93. The minimum absolute atomic E-state index is 0.171. The summed E-state index contributed by atoms with van der Waals surface area (Å²) < 4.78 is 13.8. The zero-order valence-electron chi connectivity index (χ0n) is 12.1. The lowest BCUT2D eigenvalue weighted by atomic mass is 10.1. The Bertz CT molecular complexity index is 775. The molecule has 0 heterocycles. The second kappa shape index (κ2) is 6.38. The third-order valence-electron chi connectivity index (χ3n) is 3.51. The van der Waals surface area contributed by atoms with Crippen molar-refractivity contribution in [2.75, 3.05) is 5.32 Å². The second-order valence-electron chi connectivity index (χ2n) is 5.37. The molecule has 0 bridgehead atoms. The number of hydrogen-bond acceptors (Lipinski definition) is 2. The number of benzene rings is 2. The highest BCUT2D eigenvalue weighted by Crippen LogP contribution is 2.22. The largest absolute Gasteiger partial charge is 0.349 e. The summed E-state index contributed by atoms with van der Waals surface area (Å²) in [5.41, 5.74) is 0.500. The molecule has 1 saturated carbocycles. The molecule has 1 aliphatic carbocycles. The Balaban J connectivity index is 1.83. The van der Waals surface area contributed by atoms with E-state index in [-0.39, 0.29) is 22.5 Å². The van der Waals surface area contributed by atoms with E-state index in [4.69, 9.17) is 11.6 Å². The van der Waals surface area contributed by atoms with Crippen LogP contribution in [0.3, 0.4) is 0 Å². The van der Waals surface area contributed by atoms with Crippen LogP contribution in [0.4, 0.5) is 10.1 Å². The molecule has 1 aliphatic rings. The van der Waals surface area contributed by atoms with Gasteiger partial charge in [0.25, 0.3) is 11.8 Å².